The van der Waals surface area contributed by atoms with E-state index in [-0.39, 0.29) is 27.5 Å². The molecule has 1 aliphatic heterocycles. The van der Waals surface area contributed by atoms with Crippen LogP contribution < -0.4 is 4.90 Å². The maximum atomic E-state index is 12.9. The second kappa shape index (κ2) is 5.95. The van der Waals surface area contributed by atoms with Gasteiger partial charge in [0.05, 0.1) is 21.8 Å². The molecule has 136 valence electrons. The lowest BCUT2D eigenvalue weighted by atomic mass is 10.1. The highest BCUT2D eigenvalue weighted by molar-refractivity contribution is 6.37. The van der Waals surface area contributed by atoms with Crippen molar-refractivity contribution in [3.63, 3.8) is 0 Å². The van der Waals surface area contributed by atoms with Crippen LogP contribution in [0.25, 0.3) is 5.69 Å². The van der Waals surface area contributed by atoms with Crippen LogP contribution in [0.5, 0.6) is 0 Å². The summed E-state index contributed by atoms with van der Waals surface area (Å²) >= 11 is 6.18. The van der Waals surface area contributed by atoms with Crippen molar-refractivity contribution in [1.82, 2.24) is 9.78 Å². The lowest BCUT2D eigenvalue weighted by molar-refractivity contribution is -0.141. The van der Waals surface area contributed by atoms with E-state index in [4.69, 9.17) is 11.6 Å². The van der Waals surface area contributed by atoms with E-state index in [1.807, 2.05) is 0 Å². The molecule has 0 unspecified atom stereocenters. The zero-order valence-electron chi connectivity index (χ0n) is 13.4. The van der Waals surface area contributed by atoms with E-state index < -0.39 is 23.7 Å². The molecule has 9 heteroatoms. The number of nitrogens with zero attached hydrogens (tertiary/aromatic N) is 3. The third-order valence-corrected chi connectivity index (χ3v) is 4.41. The normalized spacial score (nSPS) is 14.0. The van der Waals surface area contributed by atoms with Crippen molar-refractivity contribution in [3.8, 4) is 5.69 Å². The molecule has 2 aromatic carbocycles. The lowest BCUT2D eigenvalue weighted by Crippen LogP contribution is -2.30. The molecule has 0 bridgehead atoms. The minimum Gasteiger partial charge on any atom is -0.268 e. The number of rotatable bonds is 2. The molecule has 0 spiro atoms. The number of carbonyl (C=O) groups excluding carboxylic acids is 2. The average molecular weight is 392 g/mol. The maximum Gasteiger partial charge on any atom is 0.435 e. The molecule has 2 amide bonds. The highest BCUT2D eigenvalue weighted by atomic mass is 35.5. The van der Waals surface area contributed by atoms with E-state index >= 15 is 0 Å². The summed E-state index contributed by atoms with van der Waals surface area (Å²) in [4.78, 5) is 26.3. The number of alkyl halides is 3. The fourth-order valence-corrected chi connectivity index (χ4v) is 3.18. The topological polar surface area (TPSA) is 55.2 Å². The van der Waals surface area contributed by atoms with Crippen LogP contribution in [0, 0.1) is 0 Å². The molecule has 27 heavy (non-hydrogen) atoms. The van der Waals surface area contributed by atoms with Gasteiger partial charge in [-0.25, -0.2) is 9.58 Å². The third-order valence-electron chi connectivity index (χ3n) is 4.11. The average Bonchev–Trinajstić information content (AvgIpc) is 3.20. The Kier molecular flexibility index (Phi) is 3.81. The summed E-state index contributed by atoms with van der Waals surface area (Å²) in [6.45, 7) is 0. The standard InChI is InChI=1S/C18H9ClF3N3O2/c19-12-6-3-7-13(15(12)24-9-8-14(23-24)18(20,21)22)25-16(26)10-4-1-2-5-11(10)17(25)27/h1-9H. The van der Waals surface area contributed by atoms with Crippen molar-refractivity contribution in [2.24, 2.45) is 0 Å². The Morgan fingerprint density at radius 1 is 0.889 bits per heavy atom. The summed E-state index contributed by atoms with van der Waals surface area (Å²) in [5, 5.41) is 3.54. The highest BCUT2D eigenvalue weighted by Gasteiger charge is 2.39. The van der Waals surface area contributed by atoms with Gasteiger partial charge in [-0.05, 0) is 30.3 Å². The van der Waals surface area contributed by atoms with Crippen molar-refractivity contribution in [2.45, 2.75) is 6.18 Å². The van der Waals surface area contributed by atoms with Crippen LogP contribution >= 0.6 is 11.6 Å². The zero-order chi connectivity index (χ0) is 19.3. The lowest BCUT2D eigenvalue weighted by Gasteiger charge is -2.19. The smallest absolute Gasteiger partial charge is 0.268 e. The number of aromatic nitrogens is 2. The zero-order valence-corrected chi connectivity index (χ0v) is 14.1. The minimum atomic E-state index is -4.64. The molecule has 3 aromatic rings. The number of amides is 2. The van der Waals surface area contributed by atoms with Gasteiger partial charge in [-0.15, -0.1) is 0 Å². The first-order valence-electron chi connectivity index (χ1n) is 7.68. The van der Waals surface area contributed by atoms with Crippen molar-refractivity contribution < 1.29 is 22.8 Å². The van der Waals surface area contributed by atoms with Crippen LogP contribution in [0.15, 0.2) is 54.7 Å². The van der Waals surface area contributed by atoms with Crippen LogP contribution in [0.3, 0.4) is 0 Å². The quantitative estimate of drug-likeness (QED) is 0.610. The number of hydrogen-bond acceptors (Lipinski definition) is 3. The van der Waals surface area contributed by atoms with Gasteiger partial charge < -0.3 is 0 Å². The summed E-state index contributed by atoms with van der Waals surface area (Å²) < 4.78 is 39.6. The molecule has 1 aliphatic rings. The van der Waals surface area contributed by atoms with Gasteiger partial charge in [0.25, 0.3) is 11.8 Å². The number of carbonyl (C=O) groups is 2. The van der Waals surface area contributed by atoms with Gasteiger partial charge in [0.15, 0.2) is 5.69 Å². The summed E-state index contributed by atoms with van der Waals surface area (Å²) in [6, 6.07) is 11.4. The second-order valence-corrected chi connectivity index (χ2v) is 6.15. The van der Waals surface area contributed by atoms with E-state index in [9.17, 15) is 22.8 Å². The van der Waals surface area contributed by atoms with Gasteiger partial charge in [0.1, 0.15) is 5.69 Å². The number of halogens is 4. The van der Waals surface area contributed by atoms with Gasteiger partial charge in [0, 0.05) is 6.20 Å². The molecule has 0 radical (unpaired) electrons. The number of para-hydroxylation sites is 1. The first kappa shape index (κ1) is 17.3. The van der Waals surface area contributed by atoms with Crippen molar-refractivity contribution in [2.75, 3.05) is 4.90 Å². The number of anilines is 1. The Morgan fingerprint density at radius 3 is 2.07 bits per heavy atom. The first-order valence-corrected chi connectivity index (χ1v) is 8.06. The Hall–Kier alpha value is -3.13. The van der Waals surface area contributed by atoms with Crippen LogP contribution in [-0.2, 0) is 6.18 Å². The SMILES string of the molecule is O=C1c2ccccc2C(=O)N1c1cccc(Cl)c1-n1ccc(C(F)(F)F)n1. The van der Waals surface area contributed by atoms with E-state index in [0.29, 0.717) is 0 Å². The molecule has 2 heterocycles. The summed E-state index contributed by atoms with van der Waals surface area (Å²) in [7, 11) is 0. The molecule has 0 saturated heterocycles. The van der Waals surface area contributed by atoms with E-state index in [1.54, 1.807) is 12.1 Å². The minimum absolute atomic E-state index is 0.00386. The second-order valence-electron chi connectivity index (χ2n) is 5.74. The summed E-state index contributed by atoms with van der Waals surface area (Å²) in [6.07, 6.45) is -3.56. The predicted octanol–water partition coefficient (Wildman–Crippen LogP) is 4.35. The van der Waals surface area contributed by atoms with E-state index in [1.165, 1.54) is 30.3 Å². The monoisotopic (exact) mass is 391 g/mol. The molecule has 1 aromatic heterocycles. The molecule has 4 rings (SSSR count). The fourth-order valence-electron chi connectivity index (χ4n) is 2.92. The number of benzene rings is 2. The maximum absolute atomic E-state index is 12.9. The van der Waals surface area contributed by atoms with Gasteiger partial charge >= 0.3 is 6.18 Å². The van der Waals surface area contributed by atoms with Gasteiger partial charge in [-0.1, -0.05) is 29.8 Å². The van der Waals surface area contributed by atoms with E-state index in [2.05, 4.69) is 5.10 Å². The highest BCUT2D eigenvalue weighted by Crippen LogP contribution is 2.37. The van der Waals surface area contributed by atoms with Crippen molar-refractivity contribution >= 4 is 29.1 Å². The Morgan fingerprint density at radius 2 is 1.52 bits per heavy atom. The molecule has 0 N–H and O–H groups in total. The molecule has 5 nitrogen and oxygen atoms in total. The van der Waals surface area contributed by atoms with Crippen LogP contribution in [0.2, 0.25) is 5.02 Å². The predicted molar refractivity (Wildman–Crippen MR) is 91.2 cm³/mol. The van der Waals surface area contributed by atoms with Gasteiger partial charge in [-0.3, -0.25) is 9.59 Å². The molecule has 0 aliphatic carbocycles. The summed E-state index contributed by atoms with van der Waals surface area (Å²) in [5.74, 6) is -1.16. The largest absolute Gasteiger partial charge is 0.435 e. The Labute approximate surface area is 155 Å². The summed E-state index contributed by atoms with van der Waals surface area (Å²) in [5.41, 5.74) is -0.639. The van der Waals surface area contributed by atoms with Crippen molar-refractivity contribution in [3.05, 3.63) is 76.6 Å². The van der Waals surface area contributed by atoms with Crippen LogP contribution in [0.4, 0.5) is 18.9 Å². The van der Waals surface area contributed by atoms with Crippen LogP contribution in [0.1, 0.15) is 26.4 Å². The van der Waals surface area contributed by atoms with E-state index in [0.717, 1.165) is 21.8 Å². The van der Waals surface area contributed by atoms with Gasteiger partial charge in [0.2, 0.25) is 0 Å². The Bertz CT molecular complexity index is 1060. The van der Waals surface area contributed by atoms with Crippen LogP contribution in [-0.4, -0.2) is 21.6 Å². The molecule has 0 saturated carbocycles. The molecular weight excluding hydrogens is 383 g/mol. The number of imide groups is 1. The van der Waals surface area contributed by atoms with Gasteiger partial charge in [-0.2, -0.15) is 18.3 Å². The first-order chi connectivity index (χ1) is 12.8. The third kappa shape index (κ3) is 2.69. The molecule has 0 fully saturated rings. The number of hydrogen-bond donors (Lipinski definition) is 0. The molecular formula is C18H9ClF3N3O2. The molecule has 0 atom stereocenters. The van der Waals surface area contributed by atoms with Crippen molar-refractivity contribution in [1.29, 1.82) is 0 Å². The number of fused-ring (bicyclic) bond motifs is 1. The Balaban J connectivity index is 1.87. The fraction of sp³-hybridized carbons (Fsp3) is 0.0556.